The molecule has 0 unspecified atom stereocenters. The Balaban J connectivity index is 1.85. The summed E-state index contributed by atoms with van der Waals surface area (Å²) in [7, 11) is 1.16. The van der Waals surface area contributed by atoms with Crippen molar-refractivity contribution in [1.29, 1.82) is 0 Å². The van der Waals surface area contributed by atoms with Crippen molar-refractivity contribution in [3.63, 3.8) is 0 Å². The van der Waals surface area contributed by atoms with Crippen LogP contribution in [0, 0.1) is 0 Å². The topological polar surface area (TPSA) is 65.1 Å². The minimum atomic E-state index is -4.79. The van der Waals surface area contributed by atoms with E-state index in [2.05, 4.69) is 11.7 Å². The number of carbonyl (C=O) groups is 2. The molecule has 0 saturated heterocycles. The largest absolute Gasteiger partial charge is 0.573 e. The van der Waals surface area contributed by atoms with Crippen LogP contribution in [0.5, 0.6) is 11.5 Å². The summed E-state index contributed by atoms with van der Waals surface area (Å²) in [6, 6.07) is 20.7. The quantitative estimate of drug-likeness (QED) is 0.102. The monoisotopic (exact) mass is 585 g/mol. The average molecular weight is 586 g/mol. The van der Waals surface area contributed by atoms with E-state index in [0.29, 0.717) is 42.1 Å². The number of anilines is 1. The molecule has 0 aliphatic heterocycles. The van der Waals surface area contributed by atoms with Gasteiger partial charge in [-0.1, -0.05) is 75.1 Å². The Hall–Kier alpha value is -4.01. The summed E-state index contributed by atoms with van der Waals surface area (Å²) in [5, 5.41) is 0. The fourth-order valence-corrected chi connectivity index (χ4v) is 4.55. The summed E-state index contributed by atoms with van der Waals surface area (Å²) in [5.41, 5.74) is 2.91. The second kappa shape index (κ2) is 16.4. The first-order valence-corrected chi connectivity index (χ1v) is 14.3. The first-order valence-electron chi connectivity index (χ1n) is 14.3. The first-order chi connectivity index (χ1) is 20.2. The maximum atomic E-state index is 13.0. The summed E-state index contributed by atoms with van der Waals surface area (Å²) in [6.07, 6.45) is 2.68. The molecule has 3 aromatic rings. The predicted molar refractivity (Wildman–Crippen MR) is 157 cm³/mol. The van der Waals surface area contributed by atoms with Crippen LogP contribution in [0.4, 0.5) is 18.9 Å². The summed E-state index contributed by atoms with van der Waals surface area (Å²) in [5.74, 6) is -1.63. The van der Waals surface area contributed by atoms with Crippen LogP contribution < -0.4 is 14.4 Å². The van der Waals surface area contributed by atoms with E-state index < -0.39 is 18.2 Å². The molecule has 3 rings (SSSR count). The molecular formula is C33H38F3NO5. The maximum Gasteiger partial charge on any atom is 0.573 e. The molecule has 6 nitrogen and oxygen atoms in total. The van der Waals surface area contributed by atoms with Gasteiger partial charge in [-0.25, -0.2) is 4.79 Å². The second-order valence-corrected chi connectivity index (χ2v) is 9.91. The molecule has 0 aliphatic carbocycles. The van der Waals surface area contributed by atoms with E-state index in [0.717, 1.165) is 52.1 Å². The van der Waals surface area contributed by atoms with Gasteiger partial charge in [0.1, 0.15) is 11.5 Å². The van der Waals surface area contributed by atoms with E-state index in [1.54, 1.807) is 18.2 Å². The van der Waals surface area contributed by atoms with Crippen LogP contribution in [-0.4, -0.2) is 38.5 Å². The Bertz CT molecular complexity index is 1260. The second-order valence-electron chi connectivity index (χ2n) is 9.91. The van der Waals surface area contributed by atoms with Gasteiger partial charge < -0.3 is 19.1 Å². The van der Waals surface area contributed by atoms with Crippen LogP contribution in [0.15, 0.2) is 72.8 Å². The van der Waals surface area contributed by atoms with Crippen molar-refractivity contribution < 1.29 is 37.0 Å². The number of hydrogen-bond acceptors (Lipinski definition) is 5. The molecule has 0 N–H and O–H groups in total. The summed E-state index contributed by atoms with van der Waals surface area (Å²) in [4.78, 5) is 26.7. The van der Waals surface area contributed by atoms with Gasteiger partial charge in [-0.2, -0.15) is 0 Å². The SMILES string of the molecule is CCCCCCCOc1cc(N(CCCCc2ccccc2)C(=O)C(=O)OC)ccc1-c1ccc(OC(F)(F)F)cc1. The molecule has 0 fully saturated rings. The molecule has 3 aromatic carbocycles. The van der Waals surface area contributed by atoms with Gasteiger partial charge in [0.05, 0.1) is 13.7 Å². The lowest BCUT2D eigenvalue weighted by atomic mass is 10.0. The third-order valence-electron chi connectivity index (χ3n) is 6.73. The third-order valence-corrected chi connectivity index (χ3v) is 6.73. The summed E-state index contributed by atoms with van der Waals surface area (Å²) >= 11 is 0. The number of hydrogen-bond donors (Lipinski definition) is 0. The number of nitrogens with zero attached hydrogens (tertiary/aromatic N) is 1. The van der Waals surface area contributed by atoms with Crippen LogP contribution in [-0.2, 0) is 20.7 Å². The van der Waals surface area contributed by atoms with Crippen molar-refractivity contribution in [1.82, 2.24) is 0 Å². The lowest BCUT2D eigenvalue weighted by molar-refractivity contribution is -0.274. The molecule has 0 atom stereocenters. The smallest absolute Gasteiger partial charge is 0.493 e. The van der Waals surface area contributed by atoms with Crippen LogP contribution in [0.25, 0.3) is 11.1 Å². The molecule has 9 heteroatoms. The van der Waals surface area contributed by atoms with Gasteiger partial charge in [0, 0.05) is 23.9 Å². The van der Waals surface area contributed by atoms with E-state index >= 15 is 0 Å². The van der Waals surface area contributed by atoms with Crippen LogP contribution in [0.2, 0.25) is 0 Å². The highest BCUT2D eigenvalue weighted by Gasteiger charge is 2.31. The molecule has 0 heterocycles. The van der Waals surface area contributed by atoms with Crippen LogP contribution in [0.3, 0.4) is 0 Å². The number of halogens is 3. The van der Waals surface area contributed by atoms with Crippen molar-refractivity contribution in [2.75, 3.05) is 25.2 Å². The summed E-state index contributed by atoms with van der Waals surface area (Å²) in [6.45, 7) is 2.86. The minimum absolute atomic E-state index is 0.292. The zero-order valence-electron chi connectivity index (χ0n) is 24.1. The van der Waals surface area contributed by atoms with E-state index in [1.807, 2.05) is 30.3 Å². The number of benzene rings is 3. The highest BCUT2D eigenvalue weighted by atomic mass is 19.4. The maximum absolute atomic E-state index is 13.0. The molecule has 226 valence electrons. The van der Waals surface area contributed by atoms with E-state index in [1.165, 1.54) is 34.7 Å². The van der Waals surface area contributed by atoms with E-state index in [9.17, 15) is 22.8 Å². The Morgan fingerprint density at radius 3 is 2.21 bits per heavy atom. The van der Waals surface area contributed by atoms with Gasteiger partial charge in [0.2, 0.25) is 0 Å². The van der Waals surface area contributed by atoms with Gasteiger partial charge >= 0.3 is 18.2 Å². The number of methoxy groups -OCH3 is 1. The van der Waals surface area contributed by atoms with E-state index in [-0.39, 0.29) is 5.75 Å². The Kier molecular flexibility index (Phi) is 12.7. The van der Waals surface area contributed by atoms with Crippen LogP contribution >= 0.6 is 0 Å². The van der Waals surface area contributed by atoms with Crippen molar-refractivity contribution in [3.8, 4) is 22.6 Å². The van der Waals surface area contributed by atoms with Gasteiger partial charge in [-0.3, -0.25) is 4.79 Å². The zero-order valence-corrected chi connectivity index (χ0v) is 24.1. The number of esters is 1. The van der Waals surface area contributed by atoms with Crippen LogP contribution in [0.1, 0.15) is 57.4 Å². The molecule has 0 bridgehead atoms. The predicted octanol–water partition coefficient (Wildman–Crippen LogP) is 8.13. The van der Waals surface area contributed by atoms with Crippen molar-refractivity contribution in [3.05, 3.63) is 78.4 Å². The highest BCUT2D eigenvalue weighted by molar-refractivity contribution is 6.38. The number of rotatable bonds is 15. The summed E-state index contributed by atoms with van der Waals surface area (Å²) < 4.78 is 52.8. The molecule has 0 saturated carbocycles. The fourth-order valence-electron chi connectivity index (χ4n) is 4.55. The van der Waals surface area contributed by atoms with Gasteiger partial charge in [-0.15, -0.1) is 13.2 Å². The Labute approximate surface area is 245 Å². The molecule has 42 heavy (non-hydrogen) atoms. The Morgan fingerprint density at radius 2 is 1.55 bits per heavy atom. The zero-order chi connectivity index (χ0) is 30.4. The molecule has 0 aromatic heterocycles. The number of ether oxygens (including phenoxy) is 3. The highest BCUT2D eigenvalue weighted by Crippen LogP contribution is 2.36. The van der Waals surface area contributed by atoms with E-state index in [4.69, 9.17) is 9.47 Å². The fraction of sp³-hybridized carbons (Fsp3) is 0.394. The number of alkyl halides is 3. The molecular weight excluding hydrogens is 547 g/mol. The van der Waals surface area contributed by atoms with Crippen molar-refractivity contribution >= 4 is 17.6 Å². The third kappa shape index (κ3) is 10.4. The lowest BCUT2D eigenvalue weighted by Crippen LogP contribution is -2.38. The van der Waals surface area contributed by atoms with Gasteiger partial charge in [0.15, 0.2) is 0 Å². The minimum Gasteiger partial charge on any atom is -0.493 e. The normalized spacial score (nSPS) is 11.2. The number of carbonyl (C=O) groups excluding carboxylic acids is 2. The average Bonchev–Trinajstić information content (AvgIpc) is 2.98. The number of unbranched alkanes of at least 4 members (excludes halogenated alkanes) is 5. The van der Waals surface area contributed by atoms with Gasteiger partial charge in [0.25, 0.3) is 0 Å². The molecule has 1 amide bonds. The van der Waals surface area contributed by atoms with Crippen molar-refractivity contribution in [2.24, 2.45) is 0 Å². The molecule has 0 aliphatic rings. The molecule has 0 spiro atoms. The number of aryl methyl sites for hydroxylation is 1. The Morgan fingerprint density at radius 1 is 0.833 bits per heavy atom. The first kappa shape index (κ1) is 32.5. The number of amides is 1. The lowest BCUT2D eigenvalue weighted by Gasteiger charge is -2.23. The van der Waals surface area contributed by atoms with Gasteiger partial charge in [-0.05, 0) is 61.1 Å². The van der Waals surface area contributed by atoms with Crippen molar-refractivity contribution in [2.45, 2.75) is 64.7 Å². The standard InChI is InChI=1S/C33H38F3NO5/c1-3-4-5-6-12-23-41-30-24-27(18-21-29(30)26-16-19-28(20-17-26)42-33(34,35)36)37(31(38)32(39)40-2)22-11-10-15-25-13-8-7-9-14-25/h7-9,13-14,16-21,24H,3-6,10-12,15,22-23H2,1-2H3. The molecule has 0 radical (unpaired) electrons.